The number of nitrogens with two attached hydrogens (primary N) is 1. The van der Waals surface area contributed by atoms with Gasteiger partial charge in [0.1, 0.15) is 5.82 Å². The van der Waals surface area contributed by atoms with Gasteiger partial charge in [-0.25, -0.2) is 9.37 Å². The Morgan fingerprint density at radius 1 is 1.53 bits per heavy atom. The van der Waals surface area contributed by atoms with E-state index >= 15 is 0 Å². The maximum atomic E-state index is 13.5. The number of rotatable bonds is 3. The minimum absolute atomic E-state index is 0.0933. The molecule has 0 bridgehead atoms. The Bertz CT molecular complexity index is 524. The van der Waals surface area contributed by atoms with E-state index in [-0.39, 0.29) is 11.9 Å². The standard InChI is InChI=1S/C12H13BrFN3/c1-2-11(15)12-6-16-7-17(12)8-3-4-9(13)10(14)5-8/h3-7,11H,2,15H2,1H3/t11-/m1/s1. The van der Waals surface area contributed by atoms with Crippen molar-refractivity contribution in [1.82, 2.24) is 9.55 Å². The predicted molar refractivity (Wildman–Crippen MR) is 68.4 cm³/mol. The van der Waals surface area contributed by atoms with Crippen LogP contribution in [0.4, 0.5) is 4.39 Å². The Labute approximate surface area is 108 Å². The summed E-state index contributed by atoms with van der Waals surface area (Å²) < 4.78 is 15.7. The summed E-state index contributed by atoms with van der Waals surface area (Å²) in [5.74, 6) is -0.299. The maximum absolute atomic E-state index is 13.5. The molecule has 5 heteroatoms. The maximum Gasteiger partial charge on any atom is 0.139 e. The Morgan fingerprint density at radius 2 is 2.29 bits per heavy atom. The summed E-state index contributed by atoms with van der Waals surface area (Å²) in [4.78, 5) is 4.07. The number of hydrogen-bond acceptors (Lipinski definition) is 2. The summed E-state index contributed by atoms with van der Waals surface area (Å²) in [5.41, 5.74) is 7.59. The van der Waals surface area contributed by atoms with Crippen LogP contribution in [0.15, 0.2) is 35.2 Å². The fourth-order valence-corrected chi connectivity index (χ4v) is 1.89. The number of aromatic nitrogens is 2. The molecule has 2 rings (SSSR count). The molecule has 2 aromatic rings. The monoisotopic (exact) mass is 297 g/mol. The molecule has 1 aromatic heterocycles. The zero-order valence-corrected chi connectivity index (χ0v) is 11.0. The van der Waals surface area contributed by atoms with Crippen molar-refractivity contribution in [2.24, 2.45) is 5.73 Å². The van der Waals surface area contributed by atoms with Crippen LogP contribution in [-0.2, 0) is 0 Å². The van der Waals surface area contributed by atoms with Crippen LogP contribution in [0.5, 0.6) is 0 Å². The molecule has 0 spiro atoms. The van der Waals surface area contributed by atoms with Gasteiger partial charge in [-0.15, -0.1) is 0 Å². The molecule has 3 nitrogen and oxygen atoms in total. The molecule has 2 N–H and O–H groups in total. The van der Waals surface area contributed by atoms with Crippen molar-refractivity contribution in [3.05, 3.63) is 46.7 Å². The summed E-state index contributed by atoms with van der Waals surface area (Å²) in [6.07, 6.45) is 4.17. The van der Waals surface area contributed by atoms with Crippen molar-refractivity contribution >= 4 is 15.9 Å². The van der Waals surface area contributed by atoms with Crippen molar-refractivity contribution in [2.75, 3.05) is 0 Å². The van der Waals surface area contributed by atoms with Crippen LogP contribution in [0, 0.1) is 5.82 Å². The molecule has 0 aliphatic carbocycles. The Morgan fingerprint density at radius 3 is 2.94 bits per heavy atom. The second-order valence-electron chi connectivity index (χ2n) is 3.80. The first-order chi connectivity index (χ1) is 8.13. The van der Waals surface area contributed by atoms with E-state index in [4.69, 9.17) is 5.73 Å². The number of imidazole rings is 1. The molecule has 1 aromatic carbocycles. The van der Waals surface area contributed by atoms with Crippen LogP contribution in [0.1, 0.15) is 25.1 Å². The number of nitrogens with zero attached hydrogens (tertiary/aromatic N) is 2. The minimum atomic E-state index is -0.299. The number of halogens is 2. The minimum Gasteiger partial charge on any atom is -0.323 e. The highest BCUT2D eigenvalue weighted by molar-refractivity contribution is 9.10. The predicted octanol–water partition coefficient (Wildman–Crippen LogP) is 3.18. The lowest BCUT2D eigenvalue weighted by Crippen LogP contribution is -2.13. The lowest BCUT2D eigenvalue weighted by Gasteiger charge is -2.13. The van der Waals surface area contributed by atoms with Gasteiger partial charge in [-0.05, 0) is 40.5 Å². The second-order valence-corrected chi connectivity index (χ2v) is 4.66. The topological polar surface area (TPSA) is 43.8 Å². The number of hydrogen-bond donors (Lipinski definition) is 1. The molecule has 0 aliphatic heterocycles. The average molecular weight is 298 g/mol. The molecule has 1 atom stereocenters. The van der Waals surface area contributed by atoms with E-state index in [1.807, 2.05) is 17.6 Å². The van der Waals surface area contributed by atoms with Crippen molar-refractivity contribution in [1.29, 1.82) is 0 Å². The van der Waals surface area contributed by atoms with Gasteiger partial charge in [-0.1, -0.05) is 6.92 Å². The quantitative estimate of drug-likeness (QED) is 0.945. The summed E-state index contributed by atoms with van der Waals surface area (Å²) >= 11 is 3.13. The van der Waals surface area contributed by atoms with Gasteiger partial charge in [0, 0.05) is 11.7 Å². The van der Waals surface area contributed by atoms with E-state index in [1.54, 1.807) is 18.6 Å². The van der Waals surface area contributed by atoms with Gasteiger partial charge in [0.15, 0.2) is 0 Å². The third-order valence-electron chi connectivity index (χ3n) is 2.67. The van der Waals surface area contributed by atoms with Crippen molar-refractivity contribution in [3.8, 4) is 5.69 Å². The lowest BCUT2D eigenvalue weighted by atomic mass is 10.2. The van der Waals surface area contributed by atoms with E-state index in [1.165, 1.54) is 6.07 Å². The third kappa shape index (κ3) is 2.40. The largest absolute Gasteiger partial charge is 0.323 e. The molecule has 90 valence electrons. The first-order valence-electron chi connectivity index (χ1n) is 5.36. The van der Waals surface area contributed by atoms with Gasteiger partial charge in [0.2, 0.25) is 0 Å². The Hall–Kier alpha value is -1.20. The normalized spacial score (nSPS) is 12.7. The van der Waals surface area contributed by atoms with E-state index in [0.29, 0.717) is 4.47 Å². The molecule has 0 saturated heterocycles. The van der Waals surface area contributed by atoms with Crippen molar-refractivity contribution < 1.29 is 4.39 Å². The molecule has 1 heterocycles. The molecule has 17 heavy (non-hydrogen) atoms. The second kappa shape index (κ2) is 4.98. The van der Waals surface area contributed by atoms with Crippen LogP contribution in [0.3, 0.4) is 0 Å². The van der Waals surface area contributed by atoms with Gasteiger partial charge in [-0.2, -0.15) is 0 Å². The van der Waals surface area contributed by atoms with Gasteiger partial charge < -0.3 is 10.3 Å². The summed E-state index contributed by atoms with van der Waals surface area (Å²) in [7, 11) is 0. The van der Waals surface area contributed by atoms with Crippen LogP contribution in [0.2, 0.25) is 0 Å². The average Bonchev–Trinajstić information content (AvgIpc) is 2.80. The molecule has 0 saturated carbocycles. The zero-order chi connectivity index (χ0) is 12.4. The van der Waals surface area contributed by atoms with Crippen molar-refractivity contribution in [3.63, 3.8) is 0 Å². The highest BCUT2D eigenvalue weighted by Gasteiger charge is 2.11. The van der Waals surface area contributed by atoms with Crippen LogP contribution < -0.4 is 5.73 Å². The van der Waals surface area contributed by atoms with Crippen LogP contribution in [-0.4, -0.2) is 9.55 Å². The molecule has 0 fully saturated rings. The van der Waals surface area contributed by atoms with Gasteiger partial charge in [0.25, 0.3) is 0 Å². The Kier molecular flexibility index (Phi) is 3.59. The molecule has 0 aliphatic rings. The first kappa shape index (κ1) is 12.3. The molecule has 0 radical (unpaired) electrons. The number of benzene rings is 1. The van der Waals surface area contributed by atoms with Gasteiger partial charge >= 0.3 is 0 Å². The van der Waals surface area contributed by atoms with Crippen LogP contribution in [0.25, 0.3) is 5.69 Å². The Balaban J connectivity index is 2.46. The van der Waals surface area contributed by atoms with Gasteiger partial charge in [-0.3, -0.25) is 0 Å². The zero-order valence-electron chi connectivity index (χ0n) is 9.40. The summed E-state index contributed by atoms with van der Waals surface area (Å²) in [5, 5.41) is 0. The van der Waals surface area contributed by atoms with E-state index in [9.17, 15) is 4.39 Å². The summed E-state index contributed by atoms with van der Waals surface area (Å²) in [6, 6.07) is 4.86. The van der Waals surface area contributed by atoms with Gasteiger partial charge in [0.05, 0.1) is 22.7 Å². The molecular formula is C12H13BrFN3. The van der Waals surface area contributed by atoms with E-state index in [2.05, 4.69) is 20.9 Å². The highest BCUT2D eigenvalue weighted by atomic mass is 79.9. The lowest BCUT2D eigenvalue weighted by molar-refractivity contribution is 0.617. The van der Waals surface area contributed by atoms with Crippen LogP contribution >= 0.6 is 15.9 Å². The SMILES string of the molecule is CC[C@@H](N)c1cncn1-c1ccc(Br)c(F)c1. The third-order valence-corrected chi connectivity index (χ3v) is 3.31. The molecule has 0 unspecified atom stereocenters. The fourth-order valence-electron chi connectivity index (χ4n) is 1.64. The highest BCUT2D eigenvalue weighted by Crippen LogP contribution is 2.22. The fraction of sp³-hybridized carbons (Fsp3) is 0.250. The summed E-state index contributed by atoms with van der Waals surface area (Å²) in [6.45, 7) is 2.00. The van der Waals surface area contributed by atoms with E-state index < -0.39 is 0 Å². The van der Waals surface area contributed by atoms with Crippen molar-refractivity contribution in [2.45, 2.75) is 19.4 Å². The molecular weight excluding hydrogens is 285 g/mol. The first-order valence-corrected chi connectivity index (χ1v) is 6.16. The van der Waals surface area contributed by atoms with E-state index in [0.717, 1.165) is 17.8 Å². The molecule has 0 amide bonds. The smallest absolute Gasteiger partial charge is 0.139 e.